The van der Waals surface area contributed by atoms with Gasteiger partial charge in [0.1, 0.15) is 18.0 Å². The zero-order chi connectivity index (χ0) is 23.7. The zero-order valence-electron chi connectivity index (χ0n) is 19.4. The summed E-state index contributed by atoms with van der Waals surface area (Å²) in [5.74, 6) is 1.22. The predicted octanol–water partition coefficient (Wildman–Crippen LogP) is 3.69. The number of rotatable bonds is 8. The molecule has 0 bridgehead atoms. The molecular weight excluding hydrogens is 432 g/mol. The van der Waals surface area contributed by atoms with Gasteiger partial charge in [-0.2, -0.15) is 0 Å². The van der Waals surface area contributed by atoms with Gasteiger partial charge in [-0.15, -0.1) is 0 Å². The Kier molecular flexibility index (Phi) is 6.57. The molecule has 7 heteroatoms. The van der Waals surface area contributed by atoms with Crippen LogP contribution < -0.4 is 15.4 Å². The lowest BCUT2D eigenvalue weighted by Crippen LogP contribution is -2.47. The van der Waals surface area contributed by atoms with E-state index < -0.39 is 6.10 Å². The number of ether oxygens (including phenoxy) is 2. The maximum absolute atomic E-state index is 12.8. The zero-order valence-corrected chi connectivity index (χ0v) is 19.4. The van der Waals surface area contributed by atoms with Gasteiger partial charge in [-0.3, -0.25) is 9.59 Å². The summed E-state index contributed by atoms with van der Waals surface area (Å²) in [5.41, 5.74) is 2.80. The van der Waals surface area contributed by atoms with Crippen molar-refractivity contribution in [2.24, 2.45) is 5.92 Å². The molecule has 3 aliphatic rings. The first kappa shape index (κ1) is 22.9. The molecule has 0 radical (unpaired) electrons. The molecule has 0 aromatic heterocycles. The second kappa shape index (κ2) is 9.76. The molecule has 2 fully saturated rings. The van der Waals surface area contributed by atoms with E-state index in [4.69, 9.17) is 9.47 Å². The Morgan fingerprint density at radius 2 is 1.88 bits per heavy atom. The van der Waals surface area contributed by atoms with Crippen molar-refractivity contribution in [3.8, 4) is 5.75 Å². The van der Waals surface area contributed by atoms with Crippen LogP contribution in [0, 0.1) is 5.92 Å². The highest BCUT2D eigenvalue weighted by atomic mass is 16.6. The Labute approximate surface area is 199 Å². The van der Waals surface area contributed by atoms with E-state index in [1.807, 2.05) is 55.5 Å². The molecule has 34 heavy (non-hydrogen) atoms. The van der Waals surface area contributed by atoms with E-state index in [0.29, 0.717) is 18.8 Å². The van der Waals surface area contributed by atoms with Crippen LogP contribution in [0.3, 0.4) is 0 Å². The molecule has 7 nitrogen and oxygen atoms in total. The molecular formula is C27H32N2O5. The lowest BCUT2D eigenvalue weighted by molar-refractivity contribution is -0.142. The van der Waals surface area contributed by atoms with E-state index >= 15 is 0 Å². The van der Waals surface area contributed by atoms with E-state index in [2.05, 4.69) is 10.6 Å². The molecule has 5 atom stereocenters. The van der Waals surface area contributed by atoms with Crippen molar-refractivity contribution in [1.29, 1.82) is 0 Å². The summed E-state index contributed by atoms with van der Waals surface area (Å²) in [6, 6.07) is 15.4. The summed E-state index contributed by atoms with van der Waals surface area (Å²) in [6.45, 7) is 1.78. The highest BCUT2D eigenvalue weighted by Gasteiger charge is 2.46. The number of aliphatic hydroxyl groups excluding tert-OH is 1. The van der Waals surface area contributed by atoms with Gasteiger partial charge in [-0.25, -0.2) is 0 Å². The van der Waals surface area contributed by atoms with Gasteiger partial charge in [0.2, 0.25) is 11.8 Å². The molecule has 0 unspecified atom stereocenters. The van der Waals surface area contributed by atoms with Crippen LogP contribution in [-0.4, -0.2) is 41.8 Å². The van der Waals surface area contributed by atoms with Gasteiger partial charge in [-0.05, 0) is 55.9 Å². The molecule has 1 saturated carbocycles. The fourth-order valence-corrected chi connectivity index (χ4v) is 5.10. The van der Waals surface area contributed by atoms with E-state index in [9.17, 15) is 14.7 Å². The van der Waals surface area contributed by atoms with Crippen molar-refractivity contribution < 1.29 is 24.2 Å². The number of anilines is 1. The smallest absolute Gasteiger partial charge is 0.224 e. The fourth-order valence-electron chi connectivity index (χ4n) is 5.10. The number of hydrogen-bond acceptors (Lipinski definition) is 5. The number of amides is 2. The third-order valence-electron chi connectivity index (χ3n) is 7.04. The van der Waals surface area contributed by atoms with Crippen LogP contribution in [-0.2, 0) is 14.3 Å². The molecule has 1 saturated heterocycles. The van der Waals surface area contributed by atoms with Crippen LogP contribution in [0.15, 0.2) is 48.5 Å². The Morgan fingerprint density at radius 1 is 1.09 bits per heavy atom. The van der Waals surface area contributed by atoms with Gasteiger partial charge >= 0.3 is 0 Å². The van der Waals surface area contributed by atoms with Crippen LogP contribution in [0.2, 0.25) is 0 Å². The summed E-state index contributed by atoms with van der Waals surface area (Å²) in [7, 11) is 0. The summed E-state index contributed by atoms with van der Waals surface area (Å²) in [5, 5.41) is 16.0. The summed E-state index contributed by atoms with van der Waals surface area (Å²) >= 11 is 0. The van der Waals surface area contributed by atoms with Crippen LogP contribution in [0.25, 0.3) is 0 Å². The Hall–Kier alpha value is -2.90. The van der Waals surface area contributed by atoms with Crippen molar-refractivity contribution in [2.45, 2.75) is 69.3 Å². The third kappa shape index (κ3) is 5.10. The molecule has 2 amide bonds. The Morgan fingerprint density at radius 3 is 2.62 bits per heavy atom. The summed E-state index contributed by atoms with van der Waals surface area (Å²) in [6.07, 6.45) is 2.52. The number of aliphatic hydroxyl groups is 1. The van der Waals surface area contributed by atoms with Gasteiger partial charge in [-0.1, -0.05) is 30.3 Å². The first-order valence-electron chi connectivity index (χ1n) is 12.2. The summed E-state index contributed by atoms with van der Waals surface area (Å²) < 4.78 is 12.2. The molecule has 3 N–H and O–H groups in total. The quantitative estimate of drug-likeness (QED) is 0.554. The summed E-state index contributed by atoms with van der Waals surface area (Å²) in [4.78, 5) is 25.0. The van der Waals surface area contributed by atoms with Crippen LogP contribution >= 0.6 is 0 Å². The van der Waals surface area contributed by atoms with Gasteiger partial charge in [0, 0.05) is 23.6 Å². The maximum atomic E-state index is 12.8. The van der Waals surface area contributed by atoms with Crippen molar-refractivity contribution in [3.05, 3.63) is 59.7 Å². The average molecular weight is 465 g/mol. The second-order valence-corrected chi connectivity index (χ2v) is 9.76. The van der Waals surface area contributed by atoms with Crippen LogP contribution in [0.4, 0.5) is 5.69 Å². The van der Waals surface area contributed by atoms with Gasteiger partial charge < -0.3 is 25.2 Å². The minimum Gasteiger partial charge on any atom is -0.487 e. The lowest BCUT2D eigenvalue weighted by Gasteiger charge is -2.37. The molecule has 5 rings (SSSR count). The largest absolute Gasteiger partial charge is 0.487 e. The minimum atomic E-state index is -0.511. The van der Waals surface area contributed by atoms with Crippen molar-refractivity contribution in [2.75, 3.05) is 11.9 Å². The standard InChI is InChI=1S/C27H32N2O5/c1-16(18-5-3-2-4-6-18)28-26(32)14-20-13-22-21-12-19(29-25(31)11-17-7-8-17)9-10-23(21)34-27(22)24(15-30)33-20/h2-6,9-10,12,16-17,20,22,24,27,30H,7-8,11,13-15H2,1H3,(H,28,32)(H,29,31)/t16-,20+,22-,24-,27+/m0/s1. The third-order valence-corrected chi connectivity index (χ3v) is 7.04. The van der Waals surface area contributed by atoms with Gasteiger partial charge in [0.15, 0.2) is 0 Å². The topological polar surface area (TPSA) is 96.9 Å². The SMILES string of the molecule is C[C@H](NC(=O)C[C@H]1C[C@H]2c3cc(NC(=O)CC4CC4)ccc3O[C@H]2[C@H](CO)O1)c1ccccc1. The highest BCUT2D eigenvalue weighted by molar-refractivity contribution is 5.91. The van der Waals surface area contributed by atoms with E-state index in [1.165, 1.54) is 0 Å². The lowest BCUT2D eigenvalue weighted by atomic mass is 9.84. The molecule has 2 aliphatic heterocycles. The Balaban J connectivity index is 1.25. The van der Waals surface area contributed by atoms with Gasteiger partial charge in [0.05, 0.1) is 25.2 Å². The van der Waals surface area contributed by atoms with Crippen LogP contribution in [0.5, 0.6) is 5.75 Å². The molecule has 180 valence electrons. The maximum Gasteiger partial charge on any atom is 0.224 e. The fraction of sp³-hybridized carbons (Fsp3) is 0.481. The number of fused-ring (bicyclic) bond motifs is 3. The van der Waals surface area contributed by atoms with E-state index in [-0.39, 0.29) is 49.0 Å². The number of hydrogen-bond donors (Lipinski definition) is 3. The molecule has 2 aromatic rings. The monoisotopic (exact) mass is 464 g/mol. The number of nitrogens with one attached hydrogen (secondary N) is 2. The van der Waals surface area contributed by atoms with Gasteiger partial charge in [0.25, 0.3) is 0 Å². The predicted molar refractivity (Wildman–Crippen MR) is 128 cm³/mol. The van der Waals surface area contributed by atoms with E-state index in [1.54, 1.807) is 0 Å². The molecule has 0 spiro atoms. The van der Waals surface area contributed by atoms with E-state index in [0.717, 1.165) is 35.4 Å². The normalized spacial score (nSPS) is 26.1. The molecule has 2 aromatic carbocycles. The molecule has 1 aliphatic carbocycles. The highest BCUT2D eigenvalue weighted by Crippen LogP contribution is 2.47. The van der Waals surface area contributed by atoms with Crippen molar-refractivity contribution in [1.82, 2.24) is 5.32 Å². The first-order chi connectivity index (χ1) is 16.5. The number of carbonyl (C=O) groups is 2. The van der Waals surface area contributed by atoms with Crippen molar-refractivity contribution in [3.63, 3.8) is 0 Å². The van der Waals surface area contributed by atoms with Crippen molar-refractivity contribution >= 4 is 17.5 Å². The average Bonchev–Trinajstić information content (AvgIpc) is 3.57. The first-order valence-corrected chi connectivity index (χ1v) is 12.2. The number of carbonyl (C=O) groups excluding carboxylic acids is 2. The Bertz CT molecular complexity index is 1040. The molecule has 2 heterocycles. The number of benzene rings is 2. The second-order valence-electron chi connectivity index (χ2n) is 9.76. The minimum absolute atomic E-state index is 0.00877. The van der Waals surface area contributed by atoms with Crippen LogP contribution in [0.1, 0.15) is 62.1 Å².